The van der Waals surface area contributed by atoms with Gasteiger partial charge in [-0.1, -0.05) is 6.07 Å². The van der Waals surface area contributed by atoms with Gasteiger partial charge in [-0.3, -0.25) is 4.79 Å². The van der Waals surface area contributed by atoms with Crippen LogP contribution in [-0.2, 0) is 21.8 Å². The largest absolute Gasteiger partial charge is 0.459 e. The normalized spacial score (nSPS) is 11.5. The van der Waals surface area contributed by atoms with Gasteiger partial charge in [-0.25, -0.2) is 9.38 Å². The topological polar surface area (TPSA) is 62.7 Å². The van der Waals surface area contributed by atoms with Crippen LogP contribution in [0.2, 0.25) is 0 Å². The second-order valence-corrected chi connectivity index (χ2v) is 7.35. The van der Waals surface area contributed by atoms with Gasteiger partial charge in [0.15, 0.2) is 5.96 Å². The summed E-state index contributed by atoms with van der Waals surface area (Å²) in [4.78, 5) is 16.3. The van der Waals surface area contributed by atoms with E-state index < -0.39 is 5.60 Å². The van der Waals surface area contributed by atoms with E-state index in [-0.39, 0.29) is 42.3 Å². The third-order valence-electron chi connectivity index (χ3n) is 3.04. The minimum absolute atomic E-state index is 0. The molecule has 1 rings (SSSR count). The molecule has 0 heterocycles. The molecule has 26 heavy (non-hydrogen) atoms. The molecular weight excluding hydrogens is 468 g/mol. The van der Waals surface area contributed by atoms with Crippen molar-refractivity contribution in [3.8, 4) is 0 Å². The van der Waals surface area contributed by atoms with Crippen molar-refractivity contribution in [1.29, 1.82) is 0 Å². The molecule has 8 heteroatoms. The number of benzene rings is 1. The van der Waals surface area contributed by atoms with E-state index in [0.717, 1.165) is 16.9 Å². The zero-order chi connectivity index (χ0) is 18.9. The summed E-state index contributed by atoms with van der Waals surface area (Å²) in [6.07, 6.45) is 1.98. The maximum Gasteiger partial charge on any atom is 0.325 e. The minimum atomic E-state index is -0.519. The Bertz CT molecular complexity index is 607. The number of aliphatic imine (C=N–C) groups is 1. The smallest absolute Gasteiger partial charge is 0.325 e. The van der Waals surface area contributed by atoms with Gasteiger partial charge >= 0.3 is 5.97 Å². The van der Waals surface area contributed by atoms with Crippen molar-refractivity contribution in [1.82, 2.24) is 10.6 Å². The van der Waals surface area contributed by atoms with Crippen molar-refractivity contribution >= 4 is 47.7 Å². The molecule has 0 amide bonds. The Labute approximate surface area is 177 Å². The second kappa shape index (κ2) is 12.4. The highest BCUT2D eigenvalue weighted by Gasteiger charge is 2.16. The van der Waals surface area contributed by atoms with E-state index in [1.807, 2.05) is 34.0 Å². The number of halogens is 2. The lowest BCUT2D eigenvalue weighted by Gasteiger charge is -2.20. The van der Waals surface area contributed by atoms with E-state index in [0.29, 0.717) is 19.0 Å². The van der Waals surface area contributed by atoms with Crippen LogP contribution in [0.4, 0.5) is 4.39 Å². The molecule has 1 aromatic carbocycles. The van der Waals surface area contributed by atoms with Gasteiger partial charge < -0.3 is 15.4 Å². The molecule has 0 saturated heterocycles. The van der Waals surface area contributed by atoms with Crippen LogP contribution in [0.3, 0.4) is 0 Å². The van der Waals surface area contributed by atoms with Gasteiger partial charge in [-0.2, -0.15) is 11.8 Å². The quantitative estimate of drug-likeness (QED) is 0.261. The third-order valence-corrected chi connectivity index (χ3v) is 3.64. The lowest BCUT2D eigenvalue weighted by molar-refractivity contribution is -0.153. The van der Waals surface area contributed by atoms with Crippen LogP contribution in [0.1, 0.15) is 38.8 Å². The van der Waals surface area contributed by atoms with Gasteiger partial charge in [-0.15, -0.1) is 24.0 Å². The molecule has 0 radical (unpaired) electrons. The predicted octanol–water partition coefficient (Wildman–Crippen LogP) is 3.70. The van der Waals surface area contributed by atoms with Gasteiger partial charge in [0.05, 0.1) is 6.54 Å². The number of hydrogen-bond donors (Lipinski definition) is 2. The van der Waals surface area contributed by atoms with Crippen LogP contribution in [0.15, 0.2) is 23.2 Å². The highest BCUT2D eigenvalue weighted by Crippen LogP contribution is 2.17. The summed E-state index contributed by atoms with van der Waals surface area (Å²) in [6, 6.07) is 4.74. The fourth-order valence-electron chi connectivity index (χ4n) is 2.08. The summed E-state index contributed by atoms with van der Waals surface area (Å²) in [6.45, 7) is 8.52. The summed E-state index contributed by atoms with van der Waals surface area (Å²) in [7, 11) is 0. The maximum absolute atomic E-state index is 13.4. The highest BCUT2D eigenvalue weighted by molar-refractivity contribution is 14.0. The molecule has 0 spiro atoms. The lowest BCUT2D eigenvalue weighted by atomic mass is 10.1. The third kappa shape index (κ3) is 10.2. The molecule has 0 aliphatic heterocycles. The Hall–Kier alpha value is -1.03. The van der Waals surface area contributed by atoms with E-state index in [2.05, 4.69) is 15.6 Å². The number of esters is 1. The Kier molecular flexibility index (Phi) is 11.9. The van der Waals surface area contributed by atoms with E-state index in [4.69, 9.17) is 4.74 Å². The summed E-state index contributed by atoms with van der Waals surface area (Å²) < 4.78 is 18.7. The number of nitrogens with one attached hydrogen (secondary N) is 2. The molecule has 0 saturated carbocycles. The standard InChI is InChI=1S/C18H28FN3O2S.HI/c1-6-20-17(22-11-16(23)24-18(2,3)4)21-10-13-7-8-15(19)9-14(13)12-25-5;/h7-9H,6,10-12H2,1-5H3,(H2,20,21,22);1H. The molecular formula is C18H29FIN3O2S. The monoisotopic (exact) mass is 497 g/mol. The fraction of sp³-hybridized carbons (Fsp3) is 0.556. The van der Waals surface area contributed by atoms with Crippen molar-refractivity contribution < 1.29 is 13.9 Å². The van der Waals surface area contributed by atoms with Crippen molar-refractivity contribution in [3.63, 3.8) is 0 Å². The second-order valence-electron chi connectivity index (χ2n) is 6.48. The first-order chi connectivity index (χ1) is 11.7. The summed E-state index contributed by atoms with van der Waals surface area (Å²) in [5.74, 6) is 0.660. The molecule has 2 N–H and O–H groups in total. The summed E-state index contributed by atoms with van der Waals surface area (Å²) in [5.41, 5.74) is 1.37. The molecule has 0 atom stereocenters. The zero-order valence-electron chi connectivity index (χ0n) is 16.0. The number of carbonyl (C=O) groups excluding carboxylic acids is 1. The van der Waals surface area contributed by atoms with Crippen LogP contribution < -0.4 is 10.6 Å². The molecule has 0 aromatic heterocycles. The highest BCUT2D eigenvalue weighted by atomic mass is 127. The Morgan fingerprint density at radius 3 is 2.54 bits per heavy atom. The van der Waals surface area contributed by atoms with Crippen LogP contribution >= 0.6 is 35.7 Å². The maximum atomic E-state index is 13.4. The molecule has 0 aliphatic rings. The van der Waals surface area contributed by atoms with Crippen LogP contribution in [-0.4, -0.2) is 36.9 Å². The molecule has 0 bridgehead atoms. The lowest BCUT2D eigenvalue weighted by Crippen LogP contribution is -2.41. The van der Waals surface area contributed by atoms with Crippen LogP contribution in [0, 0.1) is 5.82 Å². The van der Waals surface area contributed by atoms with E-state index in [1.54, 1.807) is 23.9 Å². The minimum Gasteiger partial charge on any atom is -0.459 e. The Balaban J connectivity index is 0.00000625. The molecule has 1 aromatic rings. The molecule has 0 unspecified atom stereocenters. The Morgan fingerprint density at radius 2 is 1.96 bits per heavy atom. The average molecular weight is 497 g/mol. The SMILES string of the molecule is CCNC(=NCc1ccc(F)cc1CSC)NCC(=O)OC(C)(C)C.I. The van der Waals surface area contributed by atoms with E-state index >= 15 is 0 Å². The summed E-state index contributed by atoms with van der Waals surface area (Å²) >= 11 is 1.63. The number of guanidine groups is 1. The number of rotatable bonds is 7. The van der Waals surface area contributed by atoms with Gasteiger partial charge in [0, 0.05) is 12.3 Å². The van der Waals surface area contributed by atoms with Crippen molar-refractivity contribution in [2.24, 2.45) is 4.99 Å². The van der Waals surface area contributed by atoms with E-state index in [9.17, 15) is 9.18 Å². The van der Waals surface area contributed by atoms with Gasteiger partial charge in [0.1, 0.15) is 18.0 Å². The molecule has 0 aliphatic carbocycles. The fourth-order valence-corrected chi connectivity index (χ4v) is 2.66. The van der Waals surface area contributed by atoms with Crippen molar-refractivity contribution in [3.05, 3.63) is 35.1 Å². The first-order valence-electron chi connectivity index (χ1n) is 8.25. The molecule has 5 nitrogen and oxygen atoms in total. The first kappa shape index (κ1) is 25.0. The van der Waals surface area contributed by atoms with E-state index in [1.165, 1.54) is 6.07 Å². The number of ether oxygens (including phenoxy) is 1. The van der Waals surface area contributed by atoms with Gasteiger partial charge in [0.25, 0.3) is 0 Å². The van der Waals surface area contributed by atoms with Gasteiger partial charge in [-0.05, 0) is 57.2 Å². The zero-order valence-corrected chi connectivity index (χ0v) is 19.2. The summed E-state index contributed by atoms with van der Waals surface area (Å²) in [5, 5.41) is 6.05. The van der Waals surface area contributed by atoms with Crippen molar-refractivity contribution in [2.75, 3.05) is 19.3 Å². The predicted molar refractivity (Wildman–Crippen MR) is 118 cm³/mol. The molecule has 0 fully saturated rings. The van der Waals surface area contributed by atoms with Gasteiger partial charge in [0.2, 0.25) is 0 Å². The first-order valence-corrected chi connectivity index (χ1v) is 9.64. The Morgan fingerprint density at radius 1 is 1.27 bits per heavy atom. The number of nitrogens with zero attached hydrogens (tertiary/aromatic N) is 1. The molecule has 148 valence electrons. The number of carbonyl (C=O) groups is 1. The number of hydrogen-bond acceptors (Lipinski definition) is 4. The van der Waals surface area contributed by atoms with Crippen molar-refractivity contribution in [2.45, 2.75) is 45.6 Å². The van der Waals surface area contributed by atoms with Crippen LogP contribution in [0.5, 0.6) is 0 Å². The number of thioether (sulfide) groups is 1. The van der Waals surface area contributed by atoms with Crippen LogP contribution in [0.25, 0.3) is 0 Å². The average Bonchev–Trinajstić information content (AvgIpc) is 2.50.